The first-order chi connectivity index (χ1) is 15.5. The van der Waals surface area contributed by atoms with Crippen LogP contribution in [-0.2, 0) is 24.3 Å². The molecule has 1 aliphatic rings. The maximum absolute atomic E-state index is 13.3. The molecule has 0 aromatic heterocycles. The first-order valence-corrected chi connectivity index (χ1v) is 11.4. The van der Waals surface area contributed by atoms with Crippen molar-refractivity contribution in [2.75, 3.05) is 26.2 Å². The number of guanidine groups is 1. The van der Waals surface area contributed by atoms with Gasteiger partial charge >= 0.3 is 0 Å². The van der Waals surface area contributed by atoms with Crippen molar-refractivity contribution in [3.8, 4) is 0 Å². The lowest BCUT2D eigenvalue weighted by Gasteiger charge is -2.31. The minimum atomic E-state index is -0.211. The second kappa shape index (κ2) is 14.1. The molecule has 3 rings (SSSR count). The predicted molar refractivity (Wildman–Crippen MR) is 142 cm³/mol. The van der Waals surface area contributed by atoms with Crippen LogP contribution in [0.5, 0.6) is 0 Å². The molecule has 2 aromatic carbocycles. The summed E-state index contributed by atoms with van der Waals surface area (Å²) in [6, 6.07) is 15.1. The second-order valence-corrected chi connectivity index (χ2v) is 8.30. The van der Waals surface area contributed by atoms with Gasteiger partial charge in [-0.25, -0.2) is 9.38 Å². The zero-order valence-electron chi connectivity index (χ0n) is 19.2. The number of amides is 1. The van der Waals surface area contributed by atoms with E-state index in [1.165, 1.54) is 11.6 Å². The Labute approximate surface area is 213 Å². The van der Waals surface area contributed by atoms with E-state index in [9.17, 15) is 9.18 Å². The third kappa shape index (κ3) is 9.29. The largest absolute Gasteiger partial charge is 0.369 e. The summed E-state index contributed by atoms with van der Waals surface area (Å²) in [6.07, 6.45) is 2.62. The van der Waals surface area contributed by atoms with E-state index in [0.29, 0.717) is 13.1 Å². The fourth-order valence-corrected chi connectivity index (χ4v) is 4.05. The van der Waals surface area contributed by atoms with Crippen LogP contribution in [0.3, 0.4) is 0 Å². The predicted octanol–water partition coefficient (Wildman–Crippen LogP) is 3.44. The summed E-state index contributed by atoms with van der Waals surface area (Å²) in [5.41, 5.74) is 8.81. The summed E-state index contributed by atoms with van der Waals surface area (Å²) < 4.78 is 13.3. The number of nitrogens with one attached hydrogen (secondary N) is 2. The zero-order valence-corrected chi connectivity index (χ0v) is 21.6. The molecule has 33 heavy (non-hydrogen) atoms. The number of nitrogens with two attached hydrogens (primary N) is 1. The maximum atomic E-state index is 13.3. The molecular weight excluding hydrogens is 532 g/mol. The fourth-order valence-electron chi connectivity index (χ4n) is 4.05. The van der Waals surface area contributed by atoms with Crippen LogP contribution in [0.15, 0.2) is 53.5 Å². The minimum Gasteiger partial charge on any atom is -0.369 e. The Balaban J connectivity index is 0.00000385. The number of primary amides is 1. The van der Waals surface area contributed by atoms with Gasteiger partial charge < -0.3 is 16.4 Å². The molecule has 1 fully saturated rings. The molecular formula is C25H35FIN5O. The molecule has 1 amide bonds. The molecule has 0 saturated carbocycles. The van der Waals surface area contributed by atoms with Crippen LogP contribution in [-0.4, -0.2) is 42.9 Å². The summed E-state index contributed by atoms with van der Waals surface area (Å²) >= 11 is 0. The number of carbonyl (C=O) groups excluding carboxylic acids is 1. The van der Waals surface area contributed by atoms with Gasteiger partial charge in [-0.2, -0.15) is 0 Å². The Morgan fingerprint density at radius 2 is 1.91 bits per heavy atom. The van der Waals surface area contributed by atoms with Gasteiger partial charge in [-0.15, -0.1) is 24.0 Å². The quantitative estimate of drug-likeness (QED) is 0.247. The molecule has 0 aliphatic carbocycles. The summed E-state index contributed by atoms with van der Waals surface area (Å²) in [5.74, 6) is 0.295. The van der Waals surface area contributed by atoms with Gasteiger partial charge in [-0.1, -0.05) is 36.4 Å². The molecule has 1 aliphatic heterocycles. The van der Waals surface area contributed by atoms with E-state index in [1.807, 2.05) is 13.0 Å². The number of benzene rings is 2. The van der Waals surface area contributed by atoms with E-state index < -0.39 is 0 Å². The molecule has 1 saturated heterocycles. The van der Waals surface area contributed by atoms with Gasteiger partial charge in [0, 0.05) is 26.2 Å². The highest BCUT2D eigenvalue weighted by atomic mass is 127. The SMILES string of the molecule is CCNC(=NCc1cccc(CN2CCCC(C(N)=O)C2)c1)NCCc1cccc(F)c1.I. The number of nitrogens with zero attached hydrogens (tertiary/aromatic N) is 2. The van der Waals surface area contributed by atoms with Crippen molar-refractivity contribution in [1.29, 1.82) is 0 Å². The molecule has 0 spiro atoms. The van der Waals surface area contributed by atoms with E-state index in [2.05, 4.69) is 39.8 Å². The van der Waals surface area contributed by atoms with Gasteiger partial charge in [-0.05, 0) is 61.6 Å². The molecule has 1 unspecified atom stereocenters. The van der Waals surface area contributed by atoms with Gasteiger partial charge in [0.25, 0.3) is 0 Å². The normalized spacial score (nSPS) is 16.7. The Bertz CT molecular complexity index is 923. The number of rotatable bonds is 9. The van der Waals surface area contributed by atoms with E-state index in [0.717, 1.165) is 62.5 Å². The summed E-state index contributed by atoms with van der Waals surface area (Å²) in [7, 11) is 0. The van der Waals surface area contributed by atoms with Crippen LogP contribution < -0.4 is 16.4 Å². The lowest BCUT2D eigenvalue weighted by Crippen LogP contribution is -2.40. The van der Waals surface area contributed by atoms with Crippen molar-refractivity contribution in [3.05, 3.63) is 71.0 Å². The Morgan fingerprint density at radius 3 is 2.67 bits per heavy atom. The Morgan fingerprint density at radius 1 is 1.15 bits per heavy atom. The highest BCUT2D eigenvalue weighted by Crippen LogP contribution is 2.19. The summed E-state index contributed by atoms with van der Waals surface area (Å²) in [5, 5.41) is 6.58. The first-order valence-electron chi connectivity index (χ1n) is 11.4. The maximum Gasteiger partial charge on any atom is 0.221 e. The smallest absolute Gasteiger partial charge is 0.221 e. The zero-order chi connectivity index (χ0) is 22.8. The van der Waals surface area contributed by atoms with Crippen LogP contribution in [0.25, 0.3) is 0 Å². The van der Waals surface area contributed by atoms with Gasteiger partial charge in [0.15, 0.2) is 5.96 Å². The summed E-state index contributed by atoms with van der Waals surface area (Å²) in [6.45, 7) is 6.57. The molecule has 1 heterocycles. The number of piperidine rings is 1. The number of likely N-dealkylation sites (tertiary alicyclic amines) is 1. The van der Waals surface area contributed by atoms with Gasteiger partial charge in [0.1, 0.15) is 5.82 Å². The highest BCUT2D eigenvalue weighted by Gasteiger charge is 2.23. The molecule has 2 aromatic rings. The first kappa shape index (κ1) is 27.0. The lowest BCUT2D eigenvalue weighted by molar-refractivity contribution is -0.123. The van der Waals surface area contributed by atoms with Crippen molar-refractivity contribution in [2.45, 2.75) is 39.3 Å². The minimum absolute atomic E-state index is 0. The molecule has 0 bridgehead atoms. The van der Waals surface area contributed by atoms with E-state index in [1.54, 1.807) is 12.1 Å². The monoisotopic (exact) mass is 567 g/mol. The number of halogens is 2. The molecule has 6 nitrogen and oxygen atoms in total. The molecule has 1 atom stereocenters. The second-order valence-electron chi connectivity index (χ2n) is 8.30. The van der Waals surface area contributed by atoms with Crippen molar-refractivity contribution in [3.63, 3.8) is 0 Å². The lowest BCUT2D eigenvalue weighted by atomic mass is 9.97. The van der Waals surface area contributed by atoms with E-state index >= 15 is 0 Å². The number of hydrogen-bond acceptors (Lipinski definition) is 3. The van der Waals surface area contributed by atoms with Crippen molar-refractivity contribution >= 4 is 35.8 Å². The highest BCUT2D eigenvalue weighted by molar-refractivity contribution is 14.0. The van der Waals surface area contributed by atoms with Gasteiger partial charge in [-0.3, -0.25) is 9.69 Å². The molecule has 4 N–H and O–H groups in total. The van der Waals surface area contributed by atoms with E-state index in [-0.39, 0.29) is 41.6 Å². The van der Waals surface area contributed by atoms with Gasteiger partial charge in [0.05, 0.1) is 12.5 Å². The van der Waals surface area contributed by atoms with E-state index in [4.69, 9.17) is 10.7 Å². The number of aliphatic imine (C=N–C) groups is 1. The number of carbonyl (C=O) groups is 1. The summed E-state index contributed by atoms with van der Waals surface area (Å²) in [4.78, 5) is 18.5. The van der Waals surface area contributed by atoms with Crippen LogP contribution in [0.1, 0.15) is 36.5 Å². The molecule has 8 heteroatoms. The fraction of sp³-hybridized carbons (Fsp3) is 0.440. The molecule has 180 valence electrons. The standard InChI is InChI=1S/C25H34FN5O.HI/c1-2-28-25(29-12-11-19-6-4-10-23(26)15-19)30-16-20-7-3-8-21(14-20)17-31-13-5-9-22(18-31)24(27)32;/h3-4,6-8,10,14-15,22H,2,5,9,11-13,16-18H2,1H3,(H2,27,32)(H2,28,29,30);1H. The van der Waals surface area contributed by atoms with Crippen molar-refractivity contribution in [2.24, 2.45) is 16.6 Å². The number of hydrogen-bond donors (Lipinski definition) is 3. The molecule has 0 radical (unpaired) electrons. The topological polar surface area (TPSA) is 82.8 Å². The average molecular weight is 567 g/mol. The van der Waals surface area contributed by atoms with Crippen LogP contribution >= 0.6 is 24.0 Å². The Hall–Kier alpha value is -2.20. The van der Waals surface area contributed by atoms with Crippen molar-refractivity contribution in [1.82, 2.24) is 15.5 Å². The third-order valence-corrected chi connectivity index (χ3v) is 5.66. The van der Waals surface area contributed by atoms with Crippen LogP contribution in [0.2, 0.25) is 0 Å². The van der Waals surface area contributed by atoms with Crippen LogP contribution in [0, 0.1) is 11.7 Å². The Kier molecular flexibility index (Phi) is 11.6. The van der Waals surface area contributed by atoms with Crippen LogP contribution in [0.4, 0.5) is 4.39 Å². The van der Waals surface area contributed by atoms with Gasteiger partial charge in [0.2, 0.25) is 5.91 Å². The van der Waals surface area contributed by atoms with Crippen molar-refractivity contribution < 1.29 is 9.18 Å². The third-order valence-electron chi connectivity index (χ3n) is 5.66. The average Bonchev–Trinajstić information content (AvgIpc) is 2.78.